The van der Waals surface area contributed by atoms with Gasteiger partial charge in [0.1, 0.15) is 0 Å². The fraction of sp³-hybridized carbons (Fsp3) is 0.833. The van der Waals surface area contributed by atoms with Gasteiger partial charge in [-0.05, 0) is 0 Å². The molecule has 11 heavy (non-hydrogen) atoms. The van der Waals surface area contributed by atoms with Crippen LogP contribution in [0.3, 0.4) is 0 Å². The van der Waals surface area contributed by atoms with Crippen LogP contribution >= 0.6 is 0 Å². The zero-order chi connectivity index (χ0) is 7.82. The Labute approximate surface area is 88.2 Å². The van der Waals surface area contributed by atoms with E-state index in [0.717, 1.165) is 33.4 Å². The van der Waals surface area contributed by atoms with Gasteiger partial charge in [-0.2, -0.15) is 0 Å². The SMILES string of the molecule is C1COCCO1.CC(=O)O.[NaH]. The number of carbonyl (C=O) groups is 1. The summed E-state index contributed by atoms with van der Waals surface area (Å²) in [5, 5.41) is 7.42. The summed E-state index contributed by atoms with van der Waals surface area (Å²) in [5.41, 5.74) is 0. The molecule has 0 unspecified atom stereocenters. The van der Waals surface area contributed by atoms with E-state index in [1.54, 1.807) is 0 Å². The molecule has 0 saturated carbocycles. The molecule has 0 atom stereocenters. The van der Waals surface area contributed by atoms with Crippen LogP contribution in [-0.2, 0) is 14.3 Å². The van der Waals surface area contributed by atoms with Crippen LogP contribution in [-0.4, -0.2) is 67.1 Å². The molecule has 0 aromatic carbocycles. The third-order valence-corrected chi connectivity index (χ3v) is 0.744. The van der Waals surface area contributed by atoms with Crippen molar-refractivity contribution in [1.82, 2.24) is 0 Å². The monoisotopic (exact) mass is 172 g/mol. The fourth-order valence-corrected chi connectivity index (χ4v) is 0.440. The van der Waals surface area contributed by atoms with Crippen LogP contribution in [0.2, 0.25) is 0 Å². The molecule has 1 saturated heterocycles. The molecule has 1 rings (SSSR count). The summed E-state index contributed by atoms with van der Waals surface area (Å²) in [6.45, 7) is 4.19. The van der Waals surface area contributed by atoms with Crippen LogP contribution in [0.25, 0.3) is 0 Å². The molecule has 0 aliphatic carbocycles. The minimum atomic E-state index is -0.833. The third kappa shape index (κ3) is 17.9. The molecule has 1 aliphatic heterocycles. The summed E-state index contributed by atoms with van der Waals surface area (Å²) in [4.78, 5) is 9.00. The quantitative estimate of drug-likeness (QED) is 0.499. The van der Waals surface area contributed by atoms with Crippen molar-refractivity contribution in [2.75, 3.05) is 26.4 Å². The second-order valence-corrected chi connectivity index (χ2v) is 1.74. The summed E-state index contributed by atoms with van der Waals surface area (Å²) in [5.74, 6) is -0.833. The predicted molar refractivity (Wildman–Crippen MR) is 42.1 cm³/mol. The number of hydrogen-bond acceptors (Lipinski definition) is 3. The predicted octanol–water partition coefficient (Wildman–Crippen LogP) is -0.524. The molecule has 1 fully saturated rings. The summed E-state index contributed by atoms with van der Waals surface area (Å²) in [7, 11) is 0. The Morgan fingerprint density at radius 1 is 1.18 bits per heavy atom. The average Bonchev–Trinajstić information content (AvgIpc) is 1.90. The Morgan fingerprint density at radius 3 is 1.45 bits per heavy atom. The van der Waals surface area contributed by atoms with Crippen LogP contribution in [0.15, 0.2) is 0 Å². The molecule has 0 spiro atoms. The molecule has 0 amide bonds. The van der Waals surface area contributed by atoms with Gasteiger partial charge in [-0.3, -0.25) is 4.79 Å². The zero-order valence-corrected chi connectivity index (χ0v) is 6.00. The Kier molecular flexibility index (Phi) is 13.2. The summed E-state index contributed by atoms with van der Waals surface area (Å²) in [6, 6.07) is 0. The van der Waals surface area contributed by atoms with Crippen molar-refractivity contribution in [1.29, 1.82) is 0 Å². The number of ether oxygens (including phenoxy) is 2. The first kappa shape index (κ1) is 13.9. The van der Waals surface area contributed by atoms with Crippen LogP contribution in [0.5, 0.6) is 0 Å². The van der Waals surface area contributed by atoms with Gasteiger partial charge in [0.15, 0.2) is 0 Å². The maximum atomic E-state index is 9.00. The molecular formula is C6H13NaO4. The summed E-state index contributed by atoms with van der Waals surface area (Å²) >= 11 is 0. The van der Waals surface area contributed by atoms with Crippen LogP contribution < -0.4 is 0 Å². The maximum absolute atomic E-state index is 9.00. The van der Waals surface area contributed by atoms with Gasteiger partial charge in [0.05, 0.1) is 26.4 Å². The number of carboxylic acid groups (broad SMARTS) is 1. The van der Waals surface area contributed by atoms with Crippen LogP contribution in [0.4, 0.5) is 0 Å². The molecule has 1 N–H and O–H groups in total. The van der Waals surface area contributed by atoms with Crippen molar-refractivity contribution in [2.24, 2.45) is 0 Å². The van der Waals surface area contributed by atoms with Crippen LogP contribution in [0.1, 0.15) is 6.92 Å². The van der Waals surface area contributed by atoms with E-state index in [4.69, 9.17) is 19.4 Å². The Balaban J connectivity index is 0. The Bertz CT molecular complexity index is 77.1. The van der Waals surface area contributed by atoms with Crippen molar-refractivity contribution in [2.45, 2.75) is 6.92 Å². The number of aliphatic carboxylic acids is 1. The minimum absolute atomic E-state index is 0. The molecule has 4 nitrogen and oxygen atoms in total. The van der Waals surface area contributed by atoms with Gasteiger partial charge in [-0.1, -0.05) is 0 Å². The van der Waals surface area contributed by atoms with Gasteiger partial charge in [0.2, 0.25) is 0 Å². The number of carboxylic acids is 1. The van der Waals surface area contributed by atoms with Crippen LogP contribution in [0, 0.1) is 0 Å². The third-order valence-electron chi connectivity index (χ3n) is 0.744. The normalized spacial score (nSPS) is 15.4. The summed E-state index contributed by atoms with van der Waals surface area (Å²) < 4.78 is 9.89. The van der Waals surface area contributed by atoms with Gasteiger partial charge in [0, 0.05) is 6.92 Å². The van der Waals surface area contributed by atoms with E-state index in [-0.39, 0.29) is 29.6 Å². The number of hydrogen-bond donors (Lipinski definition) is 1. The van der Waals surface area contributed by atoms with E-state index in [0.29, 0.717) is 0 Å². The second-order valence-electron chi connectivity index (χ2n) is 1.74. The first-order valence-electron chi connectivity index (χ1n) is 3.08. The fourth-order valence-electron chi connectivity index (χ4n) is 0.440. The molecule has 0 aromatic heterocycles. The van der Waals surface area contributed by atoms with Gasteiger partial charge in [0.25, 0.3) is 5.97 Å². The molecule has 5 heteroatoms. The molecule has 1 heterocycles. The first-order chi connectivity index (χ1) is 4.73. The van der Waals surface area contributed by atoms with E-state index in [1.807, 2.05) is 0 Å². The van der Waals surface area contributed by atoms with Gasteiger partial charge < -0.3 is 14.6 Å². The van der Waals surface area contributed by atoms with Crippen molar-refractivity contribution in [3.05, 3.63) is 0 Å². The van der Waals surface area contributed by atoms with Gasteiger partial charge in [-0.15, -0.1) is 0 Å². The average molecular weight is 172 g/mol. The van der Waals surface area contributed by atoms with E-state index in [9.17, 15) is 0 Å². The van der Waals surface area contributed by atoms with Gasteiger partial charge in [-0.25, -0.2) is 0 Å². The van der Waals surface area contributed by atoms with Gasteiger partial charge >= 0.3 is 29.6 Å². The topological polar surface area (TPSA) is 55.8 Å². The zero-order valence-electron chi connectivity index (χ0n) is 6.00. The van der Waals surface area contributed by atoms with Crippen molar-refractivity contribution in [3.63, 3.8) is 0 Å². The molecule has 1 aliphatic rings. The van der Waals surface area contributed by atoms with E-state index < -0.39 is 5.97 Å². The van der Waals surface area contributed by atoms with E-state index in [1.165, 1.54) is 0 Å². The number of rotatable bonds is 0. The second kappa shape index (κ2) is 10.4. The molecule has 0 bridgehead atoms. The molecular weight excluding hydrogens is 159 g/mol. The van der Waals surface area contributed by atoms with Crippen molar-refractivity contribution >= 4 is 35.5 Å². The van der Waals surface area contributed by atoms with E-state index >= 15 is 0 Å². The van der Waals surface area contributed by atoms with E-state index in [2.05, 4.69) is 0 Å². The summed E-state index contributed by atoms with van der Waals surface area (Å²) in [6.07, 6.45) is 0. The van der Waals surface area contributed by atoms with Crippen molar-refractivity contribution in [3.8, 4) is 0 Å². The Morgan fingerprint density at radius 2 is 1.36 bits per heavy atom. The standard InChI is InChI=1S/C4H8O2.C2H4O2.Na.H/c1-2-6-4-3-5-1;1-2(3)4;;/h1-4H2;1H3,(H,3,4);;. The molecule has 0 aromatic rings. The first-order valence-corrected chi connectivity index (χ1v) is 3.08. The Hall–Kier alpha value is 0.390. The molecule has 62 valence electrons. The molecule has 0 radical (unpaired) electrons. The van der Waals surface area contributed by atoms with Crippen molar-refractivity contribution < 1.29 is 19.4 Å².